The number of esters is 1. The highest BCUT2D eigenvalue weighted by molar-refractivity contribution is 6.06. The fourth-order valence-corrected chi connectivity index (χ4v) is 3.19. The molecule has 6 heteroatoms. The normalized spacial score (nSPS) is 15.3. The number of rotatable bonds is 6. The van der Waals surface area contributed by atoms with E-state index in [1.807, 2.05) is 13.8 Å². The maximum absolute atomic E-state index is 13.0. The third-order valence-electron chi connectivity index (χ3n) is 4.61. The minimum absolute atomic E-state index is 0.0462. The summed E-state index contributed by atoms with van der Waals surface area (Å²) in [5, 5.41) is 0. The second kappa shape index (κ2) is 6.79. The van der Waals surface area contributed by atoms with Crippen LogP contribution >= 0.6 is 0 Å². The molecule has 1 unspecified atom stereocenters. The van der Waals surface area contributed by atoms with Gasteiger partial charge in [-0.3, -0.25) is 9.59 Å². The van der Waals surface area contributed by atoms with Crippen molar-refractivity contribution in [1.82, 2.24) is 9.88 Å². The van der Waals surface area contributed by atoms with Crippen molar-refractivity contribution in [2.75, 3.05) is 7.11 Å². The van der Waals surface area contributed by atoms with Crippen LogP contribution in [0.1, 0.15) is 65.7 Å². The number of amides is 1. The summed E-state index contributed by atoms with van der Waals surface area (Å²) in [6.45, 7) is 9.06. The third-order valence-corrected chi connectivity index (χ3v) is 4.61. The molecule has 1 heterocycles. The molecule has 2 rings (SSSR count). The lowest BCUT2D eigenvalue weighted by molar-refractivity contribution is -0.135. The van der Waals surface area contributed by atoms with Crippen LogP contribution in [-0.2, 0) is 9.53 Å². The Balaban J connectivity index is 2.34. The average molecular weight is 334 g/mol. The Kier molecular flexibility index (Phi) is 5.16. The predicted molar refractivity (Wildman–Crippen MR) is 90.1 cm³/mol. The van der Waals surface area contributed by atoms with Gasteiger partial charge in [-0.1, -0.05) is 0 Å². The Labute approximate surface area is 142 Å². The highest BCUT2D eigenvalue weighted by Gasteiger charge is 2.39. The van der Waals surface area contributed by atoms with Crippen LogP contribution in [-0.4, -0.2) is 46.7 Å². The maximum atomic E-state index is 13.0. The molecule has 1 saturated carbocycles. The van der Waals surface area contributed by atoms with Gasteiger partial charge in [-0.2, -0.15) is 0 Å². The van der Waals surface area contributed by atoms with E-state index >= 15 is 0 Å². The van der Waals surface area contributed by atoms with E-state index in [0.29, 0.717) is 16.8 Å². The van der Waals surface area contributed by atoms with Crippen molar-refractivity contribution >= 4 is 17.7 Å². The van der Waals surface area contributed by atoms with E-state index in [9.17, 15) is 14.4 Å². The lowest BCUT2D eigenvalue weighted by Crippen LogP contribution is -2.48. The van der Waals surface area contributed by atoms with Gasteiger partial charge in [0.2, 0.25) is 5.91 Å². The lowest BCUT2D eigenvalue weighted by Gasteiger charge is -2.32. The number of H-pyrrole nitrogens is 1. The number of ether oxygens (including phenoxy) is 1. The molecule has 0 aliphatic heterocycles. The second-order valence-electron chi connectivity index (χ2n) is 6.77. The molecule has 1 N–H and O–H groups in total. The predicted octanol–water partition coefficient (Wildman–Crippen LogP) is 2.64. The number of nitrogens with zero attached hydrogens (tertiary/aromatic N) is 1. The van der Waals surface area contributed by atoms with Gasteiger partial charge in [0.25, 0.3) is 0 Å². The largest absolute Gasteiger partial charge is 0.464 e. The van der Waals surface area contributed by atoms with Crippen molar-refractivity contribution in [3.8, 4) is 0 Å². The van der Waals surface area contributed by atoms with Gasteiger partial charge in [-0.15, -0.1) is 0 Å². The molecule has 6 nitrogen and oxygen atoms in total. The van der Waals surface area contributed by atoms with Crippen molar-refractivity contribution in [3.05, 3.63) is 22.5 Å². The quantitative estimate of drug-likeness (QED) is 0.641. The van der Waals surface area contributed by atoms with Gasteiger partial charge >= 0.3 is 5.97 Å². The van der Waals surface area contributed by atoms with Crippen LogP contribution in [0, 0.1) is 19.8 Å². The number of Topliss-reactive ketones (excluding diaryl/α,β-unsaturated/α-hetero) is 1. The first kappa shape index (κ1) is 18.2. The van der Waals surface area contributed by atoms with Gasteiger partial charge in [0.15, 0.2) is 5.78 Å². The van der Waals surface area contributed by atoms with Crippen LogP contribution in [0.4, 0.5) is 0 Å². The fourth-order valence-electron chi connectivity index (χ4n) is 3.19. The van der Waals surface area contributed by atoms with E-state index in [1.165, 1.54) is 7.11 Å². The zero-order valence-electron chi connectivity index (χ0n) is 15.2. The number of carbonyl (C=O) groups is 3. The molecule has 0 radical (unpaired) electrons. The van der Waals surface area contributed by atoms with Crippen molar-refractivity contribution in [2.24, 2.45) is 5.92 Å². The molecular weight excluding hydrogens is 308 g/mol. The highest BCUT2D eigenvalue weighted by atomic mass is 16.5. The highest BCUT2D eigenvalue weighted by Crippen LogP contribution is 2.33. The minimum Gasteiger partial charge on any atom is -0.464 e. The van der Waals surface area contributed by atoms with E-state index in [-0.39, 0.29) is 29.3 Å². The smallest absolute Gasteiger partial charge is 0.354 e. The number of methoxy groups -OCH3 is 1. The number of hydrogen-bond acceptors (Lipinski definition) is 4. The molecule has 1 aromatic heterocycles. The van der Waals surface area contributed by atoms with Crippen LogP contribution in [0.5, 0.6) is 0 Å². The summed E-state index contributed by atoms with van der Waals surface area (Å²) in [7, 11) is 1.30. The summed E-state index contributed by atoms with van der Waals surface area (Å²) in [6, 6.07) is -0.631. The van der Waals surface area contributed by atoms with Crippen LogP contribution in [0.25, 0.3) is 0 Å². The van der Waals surface area contributed by atoms with Crippen molar-refractivity contribution in [1.29, 1.82) is 0 Å². The minimum atomic E-state index is -0.572. The van der Waals surface area contributed by atoms with Crippen LogP contribution < -0.4 is 0 Å². The Morgan fingerprint density at radius 1 is 1.17 bits per heavy atom. The lowest BCUT2D eigenvalue weighted by atomic mass is 9.98. The maximum Gasteiger partial charge on any atom is 0.354 e. The van der Waals surface area contributed by atoms with Gasteiger partial charge in [0.1, 0.15) is 5.69 Å². The van der Waals surface area contributed by atoms with E-state index < -0.39 is 12.0 Å². The van der Waals surface area contributed by atoms with Crippen LogP contribution in [0.3, 0.4) is 0 Å². The standard InChI is InChI=1S/C18H26N2O4/c1-9(2)20(17(22)13-7-8-13)12(5)16(21)14-10(3)15(18(23)24-6)19-11(14)4/h9,12-13,19H,7-8H2,1-6H3. The summed E-state index contributed by atoms with van der Waals surface area (Å²) in [5.41, 5.74) is 1.94. The van der Waals surface area contributed by atoms with Gasteiger partial charge in [-0.25, -0.2) is 4.79 Å². The second-order valence-corrected chi connectivity index (χ2v) is 6.77. The van der Waals surface area contributed by atoms with E-state index in [4.69, 9.17) is 4.74 Å². The number of hydrogen-bond donors (Lipinski definition) is 1. The molecule has 0 saturated heterocycles. The molecule has 0 spiro atoms. The molecular formula is C18H26N2O4. The van der Waals surface area contributed by atoms with E-state index in [2.05, 4.69) is 4.98 Å². The van der Waals surface area contributed by atoms with Gasteiger partial charge in [0.05, 0.1) is 13.2 Å². The SMILES string of the molecule is COC(=O)c1[nH]c(C)c(C(=O)C(C)N(C(=O)C2CC2)C(C)C)c1C. The Bertz CT molecular complexity index is 671. The molecule has 1 aromatic rings. The molecule has 1 fully saturated rings. The number of nitrogens with one attached hydrogen (secondary N) is 1. The topological polar surface area (TPSA) is 79.5 Å². The van der Waals surface area contributed by atoms with Crippen molar-refractivity contribution in [3.63, 3.8) is 0 Å². The first-order valence-corrected chi connectivity index (χ1v) is 8.34. The summed E-state index contributed by atoms with van der Waals surface area (Å²) in [4.78, 5) is 42.0. The molecule has 1 atom stereocenters. The number of carbonyl (C=O) groups excluding carboxylic acids is 3. The first-order chi connectivity index (χ1) is 11.2. The average Bonchev–Trinajstić information content (AvgIpc) is 3.32. The zero-order chi connectivity index (χ0) is 18.2. The summed E-state index contributed by atoms with van der Waals surface area (Å²) >= 11 is 0. The first-order valence-electron chi connectivity index (χ1n) is 8.34. The molecule has 0 aromatic carbocycles. The van der Waals surface area contributed by atoms with Crippen LogP contribution in [0.2, 0.25) is 0 Å². The number of ketones is 1. The summed E-state index contributed by atoms with van der Waals surface area (Å²) < 4.78 is 4.74. The van der Waals surface area contributed by atoms with Gasteiger partial charge in [-0.05, 0) is 53.0 Å². The van der Waals surface area contributed by atoms with Crippen molar-refractivity contribution in [2.45, 2.75) is 59.5 Å². The Morgan fingerprint density at radius 2 is 1.75 bits per heavy atom. The Hall–Kier alpha value is -2.11. The number of aryl methyl sites for hydroxylation is 1. The number of aromatic nitrogens is 1. The molecule has 24 heavy (non-hydrogen) atoms. The zero-order valence-corrected chi connectivity index (χ0v) is 15.2. The molecule has 132 valence electrons. The fraction of sp³-hybridized carbons (Fsp3) is 0.611. The molecule has 1 aliphatic rings. The molecule has 1 amide bonds. The van der Waals surface area contributed by atoms with E-state index in [0.717, 1.165) is 12.8 Å². The number of aromatic amines is 1. The molecule has 0 bridgehead atoms. The Morgan fingerprint density at radius 3 is 2.21 bits per heavy atom. The monoisotopic (exact) mass is 334 g/mol. The van der Waals surface area contributed by atoms with Gasteiger partial charge in [0, 0.05) is 23.2 Å². The summed E-state index contributed by atoms with van der Waals surface area (Å²) in [5.74, 6) is -0.553. The third kappa shape index (κ3) is 3.23. The molecule has 1 aliphatic carbocycles. The van der Waals surface area contributed by atoms with Crippen LogP contribution in [0.15, 0.2) is 0 Å². The van der Waals surface area contributed by atoms with Gasteiger partial charge < -0.3 is 14.6 Å². The van der Waals surface area contributed by atoms with Crippen molar-refractivity contribution < 1.29 is 19.1 Å². The van der Waals surface area contributed by atoms with E-state index in [1.54, 1.807) is 25.7 Å². The summed E-state index contributed by atoms with van der Waals surface area (Å²) in [6.07, 6.45) is 1.80.